The Morgan fingerprint density at radius 1 is 1.17 bits per heavy atom. The fraction of sp³-hybridized carbons (Fsp3) is 0.417. The van der Waals surface area contributed by atoms with Crippen LogP contribution in [0.2, 0.25) is 5.02 Å². The fourth-order valence-corrected chi connectivity index (χ4v) is 2.66. The van der Waals surface area contributed by atoms with Crippen LogP contribution in [0.15, 0.2) is 18.2 Å². The molecule has 1 aromatic carbocycles. The van der Waals surface area contributed by atoms with Gasteiger partial charge in [-0.3, -0.25) is 4.79 Å². The van der Waals surface area contributed by atoms with Crippen LogP contribution < -0.4 is 16.0 Å². The summed E-state index contributed by atoms with van der Waals surface area (Å²) in [6.07, 6.45) is 1.78. The van der Waals surface area contributed by atoms with Crippen molar-refractivity contribution in [2.45, 2.75) is 18.5 Å². The molecule has 2 aliphatic rings. The van der Waals surface area contributed by atoms with E-state index in [-0.39, 0.29) is 24.0 Å². The molecule has 1 fully saturated rings. The zero-order chi connectivity index (χ0) is 11.9. The first-order chi connectivity index (χ1) is 8.19. The maximum atomic E-state index is 12.1. The van der Waals surface area contributed by atoms with E-state index in [2.05, 4.69) is 16.0 Å². The number of benzene rings is 1. The Kier molecular flexibility index (Phi) is 3.71. The minimum atomic E-state index is -0.289. The summed E-state index contributed by atoms with van der Waals surface area (Å²) in [7, 11) is 0. The SMILES string of the molecule is Cl.O=C1NC2(CCNCC2)Nc2ccc(Cl)cc21. The third-order valence-electron chi connectivity index (χ3n) is 3.41. The molecule has 18 heavy (non-hydrogen) atoms. The third kappa shape index (κ3) is 2.28. The van der Waals surface area contributed by atoms with E-state index >= 15 is 0 Å². The van der Waals surface area contributed by atoms with Crippen molar-refractivity contribution >= 4 is 35.6 Å². The lowest BCUT2D eigenvalue weighted by atomic mass is 9.93. The standard InChI is InChI=1S/C12H14ClN3O.ClH/c13-8-1-2-10-9(7-8)11(17)16-12(15-10)3-5-14-6-4-12;/h1-2,7,14-15H,3-6H2,(H,16,17);1H. The summed E-state index contributed by atoms with van der Waals surface area (Å²) >= 11 is 5.90. The number of nitrogens with one attached hydrogen (secondary N) is 3. The van der Waals surface area contributed by atoms with Crippen molar-refractivity contribution in [2.24, 2.45) is 0 Å². The van der Waals surface area contributed by atoms with Gasteiger partial charge >= 0.3 is 0 Å². The largest absolute Gasteiger partial charge is 0.362 e. The van der Waals surface area contributed by atoms with Crippen LogP contribution in [0.25, 0.3) is 0 Å². The van der Waals surface area contributed by atoms with Crippen LogP contribution in [0.5, 0.6) is 0 Å². The van der Waals surface area contributed by atoms with Crippen molar-refractivity contribution in [3.63, 3.8) is 0 Å². The number of hydrogen-bond acceptors (Lipinski definition) is 3. The highest BCUT2D eigenvalue weighted by atomic mass is 35.5. The molecule has 1 aromatic rings. The number of hydrogen-bond donors (Lipinski definition) is 3. The number of amides is 1. The van der Waals surface area contributed by atoms with Gasteiger partial charge in [-0.2, -0.15) is 0 Å². The van der Waals surface area contributed by atoms with Crippen molar-refractivity contribution in [2.75, 3.05) is 18.4 Å². The molecule has 0 bridgehead atoms. The van der Waals surface area contributed by atoms with Crippen LogP contribution in [0.1, 0.15) is 23.2 Å². The van der Waals surface area contributed by atoms with Gasteiger partial charge in [-0.15, -0.1) is 12.4 Å². The average molecular weight is 288 g/mol. The number of fused-ring (bicyclic) bond motifs is 1. The van der Waals surface area contributed by atoms with Crippen molar-refractivity contribution in [1.29, 1.82) is 0 Å². The molecular formula is C12H15Cl2N3O. The number of halogens is 2. The highest BCUT2D eigenvalue weighted by molar-refractivity contribution is 6.31. The Morgan fingerprint density at radius 3 is 2.61 bits per heavy atom. The summed E-state index contributed by atoms with van der Waals surface area (Å²) in [4.78, 5) is 12.1. The summed E-state index contributed by atoms with van der Waals surface area (Å²) in [5.41, 5.74) is 1.21. The predicted molar refractivity (Wildman–Crippen MR) is 74.6 cm³/mol. The van der Waals surface area contributed by atoms with Crippen molar-refractivity contribution in [3.05, 3.63) is 28.8 Å². The normalized spacial score (nSPS) is 20.4. The Labute approximate surface area is 117 Å². The number of rotatable bonds is 0. The lowest BCUT2D eigenvalue weighted by Crippen LogP contribution is -2.61. The third-order valence-corrected chi connectivity index (χ3v) is 3.65. The zero-order valence-corrected chi connectivity index (χ0v) is 11.3. The first-order valence-corrected chi connectivity index (χ1v) is 6.17. The van der Waals surface area contributed by atoms with Gasteiger partial charge < -0.3 is 16.0 Å². The van der Waals surface area contributed by atoms with Gasteiger partial charge in [0.15, 0.2) is 0 Å². The summed E-state index contributed by atoms with van der Waals surface area (Å²) < 4.78 is 0. The summed E-state index contributed by atoms with van der Waals surface area (Å²) in [5, 5.41) is 10.4. The molecule has 1 spiro atoms. The second-order valence-electron chi connectivity index (χ2n) is 4.60. The zero-order valence-electron chi connectivity index (χ0n) is 9.75. The molecular weight excluding hydrogens is 273 g/mol. The van der Waals surface area contributed by atoms with Crippen molar-refractivity contribution in [1.82, 2.24) is 10.6 Å². The average Bonchev–Trinajstić information content (AvgIpc) is 2.31. The van der Waals surface area contributed by atoms with Gasteiger partial charge in [0, 0.05) is 23.6 Å². The molecule has 98 valence electrons. The van der Waals surface area contributed by atoms with Gasteiger partial charge in [0.05, 0.1) is 5.56 Å². The molecule has 0 aliphatic carbocycles. The first-order valence-electron chi connectivity index (χ1n) is 5.80. The molecule has 0 radical (unpaired) electrons. The van der Waals surface area contributed by atoms with Crippen LogP contribution >= 0.6 is 24.0 Å². The van der Waals surface area contributed by atoms with Gasteiger partial charge in [0.2, 0.25) is 0 Å². The van der Waals surface area contributed by atoms with E-state index in [1.165, 1.54) is 0 Å². The molecule has 0 atom stereocenters. The van der Waals surface area contributed by atoms with E-state index in [4.69, 9.17) is 11.6 Å². The highest BCUT2D eigenvalue weighted by Gasteiger charge is 2.38. The van der Waals surface area contributed by atoms with E-state index < -0.39 is 0 Å². The Hall–Kier alpha value is -0.970. The fourth-order valence-electron chi connectivity index (χ4n) is 2.49. The van der Waals surface area contributed by atoms with Crippen molar-refractivity contribution in [3.8, 4) is 0 Å². The van der Waals surface area contributed by atoms with Crippen LogP contribution in [-0.2, 0) is 0 Å². The Bertz CT molecular complexity index is 472. The molecule has 0 unspecified atom stereocenters. The van der Waals surface area contributed by atoms with E-state index in [0.717, 1.165) is 31.6 Å². The molecule has 3 rings (SSSR count). The van der Waals surface area contributed by atoms with Gasteiger partial charge in [-0.05, 0) is 31.3 Å². The molecule has 0 aromatic heterocycles. The number of carbonyl (C=O) groups is 1. The summed E-state index contributed by atoms with van der Waals surface area (Å²) in [6, 6.07) is 5.38. The smallest absolute Gasteiger partial charge is 0.255 e. The van der Waals surface area contributed by atoms with Gasteiger partial charge in [0.1, 0.15) is 5.66 Å². The monoisotopic (exact) mass is 287 g/mol. The molecule has 2 heterocycles. The van der Waals surface area contributed by atoms with Crippen LogP contribution in [0.4, 0.5) is 5.69 Å². The van der Waals surface area contributed by atoms with Crippen molar-refractivity contribution < 1.29 is 4.79 Å². The number of piperidine rings is 1. The molecule has 4 nitrogen and oxygen atoms in total. The minimum Gasteiger partial charge on any atom is -0.362 e. The topological polar surface area (TPSA) is 53.2 Å². The second-order valence-corrected chi connectivity index (χ2v) is 5.04. The lowest BCUT2D eigenvalue weighted by Gasteiger charge is -2.43. The maximum absolute atomic E-state index is 12.1. The lowest BCUT2D eigenvalue weighted by molar-refractivity contribution is 0.0881. The molecule has 6 heteroatoms. The first kappa shape index (κ1) is 13.5. The van der Waals surface area contributed by atoms with Gasteiger partial charge in [-0.25, -0.2) is 0 Å². The van der Waals surface area contributed by atoms with E-state index in [9.17, 15) is 4.79 Å². The summed E-state index contributed by atoms with van der Waals surface area (Å²) in [6.45, 7) is 1.83. The van der Waals surface area contributed by atoms with Gasteiger partial charge in [-0.1, -0.05) is 11.6 Å². The Balaban J connectivity index is 0.00000120. The van der Waals surface area contributed by atoms with Crippen LogP contribution in [0.3, 0.4) is 0 Å². The number of anilines is 1. The Morgan fingerprint density at radius 2 is 1.89 bits per heavy atom. The molecule has 1 amide bonds. The van der Waals surface area contributed by atoms with Gasteiger partial charge in [0.25, 0.3) is 5.91 Å². The van der Waals surface area contributed by atoms with E-state index in [1.54, 1.807) is 12.1 Å². The molecule has 0 saturated carbocycles. The minimum absolute atomic E-state index is 0. The predicted octanol–water partition coefficient (Wildman–Crippen LogP) is 2.00. The highest BCUT2D eigenvalue weighted by Crippen LogP contribution is 2.31. The summed E-state index contributed by atoms with van der Waals surface area (Å²) in [5.74, 6) is -0.0387. The van der Waals surface area contributed by atoms with E-state index in [1.807, 2.05) is 6.07 Å². The van der Waals surface area contributed by atoms with E-state index in [0.29, 0.717) is 10.6 Å². The quantitative estimate of drug-likeness (QED) is 0.684. The molecule has 3 N–H and O–H groups in total. The second kappa shape index (κ2) is 4.96. The maximum Gasteiger partial charge on any atom is 0.255 e. The molecule has 2 aliphatic heterocycles. The molecule has 1 saturated heterocycles. The van der Waals surface area contributed by atoms with Crippen LogP contribution in [0, 0.1) is 0 Å². The number of carbonyl (C=O) groups excluding carboxylic acids is 1. The van der Waals surface area contributed by atoms with Crippen LogP contribution in [-0.4, -0.2) is 24.7 Å².